The molecule has 1 saturated heterocycles. The average Bonchev–Trinajstić information content (AvgIpc) is 3.49. The number of benzene rings is 2. The number of amides is 2. The van der Waals surface area contributed by atoms with Gasteiger partial charge in [0.25, 0.3) is 0 Å². The van der Waals surface area contributed by atoms with E-state index in [1.807, 2.05) is 29.2 Å². The van der Waals surface area contributed by atoms with E-state index < -0.39 is 0 Å². The molecule has 1 heterocycles. The summed E-state index contributed by atoms with van der Waals surface area (Å²) in [6.07, 6.45) is 1.79. The summed E-state index contributed by atoms with van der Waals surface area (Å²) in [5.74, 6) is 0.594. The number of halogens is 1. The second kappa shape index (κ2) is 7.10. The molecule has 1 aliphatic heterocycles. The van der Waals surface area contributed by atoms with Crippen LogP contribution in [0.3, 0.4) is 0 Å². The summed E-state index contributed by atoms with van der Waals surface area (Å²) in [4.78, 5) is 16.9. The third-order valence-corrected chi connectivity index (χ3v) is 5.49. The van der Waals surface area contributed by atoms with Crippen molar-refractivity contribution in [3.63, 3.8) is 0 Å². The topological polar surface area (TPSA) is 44.8 Å². The van der Waals surface area contributed by atoms with Gasteiger partial charge in [-0.05, 0) is 42.7 Å². The maximum Gasteiger partial charge on any atom is 0.318 e. The largest absolute Gasteiger partial charge is 0.495 e. The highest BCUT2D eigenvalue weighted by atomic mass is 19.1. The van der Waals surface area contributed by atoms with Crippen molar-refractivity contribution in [2.45, 2.75) is 18.4 Å². The Labute approximate surface area is 158 Å². The second-order valence-electron chi connectivity index (χ2n) is 7.17. The molecule has 0 aromatic heterocycles. The van der Waals surface area contributed by atoms with E-state index in [2.05, 4.69) is 10.2 Å². The zero-order chi connectivity index (χ0) is 18.9. The maximum absolute atomic E-state index is 13.2. The van der Waals surface area contributed by atoms with Crippen molar-refractivity contribution in [3.05, 3.63) is 59.9 Å². The number of anilines is 1. The fourth-order valence-electron chi connectivity index (χ4n) is 3.70. The molecule has 2 amide bonds. The van der Waals surface area contributed by atoms with Crippen LogP contribution in [0.15, 0.2) is 48.5 Å². The number of rotatable bonds is 4. The Morgan fingerprint density at radius 3 is 2.33 bits per heavy atom. The Morgan fingerprint density at radius 1 is 1.04 bits per heavy atom. The molecule has 1 aliphatic carbocycles. The van der Waals surface area contributed by atoms with Gasteiger partial charge < -0.3 is 19.9 Å². The van der Waals surface area contributed by atoms with E-state index in [-0.39, 0.29) is 17.4 Å². The Balaban J connectivity index is 1.37. The molecule has 27 heavy (non-hydrogen) atoms. The average molecular weight is 369 g/mol. The standard InChI is InChI=1S/C21H24FN3O2/c1-27-19-5-3-2-4-18(19)24-12-14-25(15-13-24)20(26)23-21(10-11-21)16-6-8-17(22)9-7-16/h2-9H,10-15H2,1H3,(H,23,26). The van der Waals surface area contributed by atoms with Crippen LogP contribution >= 0.6 is 0 Å². The van der Waals surface area contributed by atoms with Gasteiger partial charge in [0.05, 0.1) is 18.3 Å². The third-order valence-electron chi connectivity index (χ3n) is 5.49. The van der Waals surface area contributed by atoms with Gasteiger partial charge in [-0.3, -0.25) is 0 Å². The summed E-state index contributed by atoms with van der Waals surface area (Å²) in [5.41, 5.74) is 1.71. The van der Waals surface area contributed by atoms with Crippen LogP contribution in [0.1, 0.15) is 18.4 Å². The van der Waals surface area contributed by atoms with Crippen LogP contribution in [0.5, 0.6) is 5.75 Å². The summed E-state index contributed by atoms with van der Waals surface area (Å²) < 4.78 is 18.6. The van der Waals surface area contributed by atoms with Crippen molar-refractivity contribution in [2.75, 3.05) is 38.2 Å². The number of piperazine rings is 1. The number of para-hydroxylation sites is 2. The number of ether oxygens (including phenoxy) is 1. The lowest BCUT2D eigenvalue weighted by atomic mass is 10.1. The quantitative estimate of drug-likeness (QED) is 0.899. The molecule has 2 aromatic carbocycles. The van der Waals surface area contributed by atoms with Crippen LogP contribution in [0.4, 0.5) is 14.9 Å². The second-order valence-corrected chi connectivity index (χ2v) is 7.17. The molecule has 0 atom stereocenters. The van der Waals surface area contributed by atoms with Gasteiger partial charge in [-0.15, -0.1) is 0 Å². The number of hydrogen-bond donors (Lipinski definition) is 1. The highest BCUT2D eigenvalue weighted by molar-refractivity contribution is 5.76. The molecule has 2 aliphatic rings. The minimum absolute atomic E-state index is 0.0449. The molecule has 0 bridgehead atoms. The number of nitrogens with zero attached hydrogens (tertiary/aromatic N) is 2. The monoisotopic (exact) mass is 369 g/mol. The van der Waals surface area contributed by atoms with Gasteiger partial charge in [0.2, 0.25) is 0 Å². The Kier molecular flexibility index (Phi) is 4.64. The van der Waals surface area contributed by atoms with Crippen LogP contribution < -0.4 is 15.0 Å². The lowest BCUT2D eigenvalue weighted by Crippen LogP contribution is -2.53. The minimum atomic E-state index is -0.329. The van der Waals surface area contributed by atoms with Crippen LogP contribution in [0, 0.1) is 5.82 Å². The van der Waals surface area contributed by atoms with Gasteiger partial charge in [0.15, 0.2) is 0 Å². The zero-order valence-electron chi connectivity index (χ0n) is 15.5. The summed E-state index contributed by atoms with van der Waals surface area (Å²) >= 11 is 0. The molecule has 142 valence electrons. The van der Waals surface area contributed by atoms with Crippen LogP contribution in [-0.2, 0) is 5.54 Å². The van der Waals surface area contributed by atoms with Crippen molar-refractivity contribution in [1.82, 2.24) is 10.2 Å². The molecular formula is C21H24FN3O2. The highest BCUT2D eigenvalue weighted by Gasteiger charge is 2.46. The predicted octanol–water partition coefficient (Wildman–Crippen LogP) is 3.36. The molecule has 2 fully saturated rings. The smallest absolute Gasteiger partial charge is 0.318 e. The van der Waals surface area contributed by atoms with Gasteiger partial charge >= 0.3 is 6.03 Å². The van der Waals surface area contributed by atoms with Crippen molar-refractivity contribution >= 4 is 11.7 Å². The maximum atomic E-state index is 13.2. The Hall–Kier alpha value is -2.76. The van der Waals surface area contributed by atoms with E-state index in [9.17, 15) is 9.18 Å². The molecule has 6 heteroatoms. The summed E-state index contributed by atoms with van der Waals surface area (Å²) in [6.45, 7) is 2.83. The van der Waals surface area contributed by atoms with Crippen LogP contribution in [0.2, 0.25) is 0 Å². The summed E-state index contributed by atoms with van der Waals surface area (Å²) in [5, 5.41) is 3.17. The van der Waals surface area contributed by atoms with E-state index in [1.165, 1.54) is 12.1 Å². The van der Waals surface area contributed by atoms with E-state index in [1.54, 1.807) is 19.2 Å². The first-order chi connectivity index (χ1) is 13.1. The van der Waals surface area contributed by atoms with Gasteiger partial charge in [0.1, 0.15) is 11.6 Å². The fraction of sp³-hybridized carbons (Fsp3) is 0.381. The van der Waals surface area contributed by atoms with E-state index in [4.69, 9.17) is 4.74 Å². The van der Waals surface area contributed by atoms with E-state index in [0.29, 0.717) is 13.1 Å². The molecule has 0 unspecified atom stereocenters. The molecule has 4 rings (SSSR count). The Morgan fingerprint density at radius 2 is 1.70 bits per heavy atom. The van der Waals surface area contributed by atoms with Crippen molar-refractivity contribution in [3.8, 4) is 5.75 Å². The molecule has 1 saturated carbocycles. The molecule has 5 nitrogen and oxygen atoms in total. The normalized spacial score (nSPS) is 18.1. The van der Waals surface area contributed by atoms with E-state index in [0.717, 1.165) is 42.9 Å². The van der Waals surface area contributed by atoms with Crippen molar-refractivity contribution in [1.29, 1.82) is 0 Å². The van der Waals surface area contributed by atoms with Gasteiger partial charge in [-0.25, -0.2) is 9.18 Å². The van der Waals surface area contributed by atoms with Gasteiger partial charge in [-0.2, -0.15) is 0 Å². The summed E-state index contributed by atoms with van der Waals surface area (Å²) in [7, 11) is 1.67. The van der Waals surface area contributed by atoms with Gasteiger partial charge in [0, 0.05) is 26.2 Å². The number of methoxy groups -OCH3 is 1. The number of carbonyl (C=O) groups excluding carboxylic acids is 1. The molecule has 0 spiro atoms. The predicted molar refractivity (Wildman–Crippen MR) is 103 cm³/mol. The highest BCUT2D eigenvalue weighted by Crippen LogP contribution is 2.45. The van der Waals surface area contributed by atoms with Gasteiger partial charge in [-0.1, -0.05) is 24.3 Å². The molecular weight excluding hydrogens is 345 g/mol. The molecule has 1 N–H and O–H groups in total. The lowest BCUT2D eigenvalue weighted by molar-refractivity contribution is 0.188. The lowest BCUT2D eigenvalue weighted by Gasteiger charge is -2.37. The van der Waals surface area contributed by atoms with Crippen molar-refractivity contribution in [2.24, 2.45) is 0 Å². The van der Waals surface area contributed by atoms with Crippen LogP contribution in [-0.4, -0.2) is 44.2 Å². The minimum Gasteiger partial charge on any atom is -0.495 e. The first-order valence-electron chi connectivity index (χ1n) is 9.32. The third kappa shape index (κ3) is 3.56. The SMILES string of the molecule is COc1ccccc1N1CCN(C(=O)NC2(c3ccc(F)cc3)CC2)CC1. The van der Waals surface area contributed by atoms with Crippen LogP contribution in [0.25, 0.3) is 0 Å². The number of nitrogens with one attached hydrogen (secondary N) is 1. The van der Waals surface area contributed by atoms with E-state index >= 15 is 0 Å². The summed E-state index contributed by atoms with van der Waals surface area (Å²) in [6, 6.07) is 14.3. The fourth-order valence-corrected chi connectivity index (χ4v) is 3.70. The number of hydrogen-bond acceptors (Lipinski definition) is 3. The first kappa shape index (κ1) is 17.6. The molecule has 2 aromatic rings. The first-order valence-corrected chi connectivity index (χ1v) is 9.32. The number of carbonyl (C=O) groups is 1. The Bertz CT molecular complexity index is 812. The zero-order valence-corrected chi connectivity index (χ0v) is 15.5. The van der Waals surface area contributed by atoms with Crippen molar-refractivity contribution < 1.29 is 13.9 Å². The number of urea groups is 1. The molecule has 0 radical (unpaired) electrons.